The van der Waals surface area contributed by atoms with Crippen LogP contribution in [0.25, 0.3) is 0 Å². The molecule has 0 saturated heterocycles. The topological polar surface area (TPSA) is 20.2 Å². The molecular formula is C12H14ClFO. The average Bonchev–Trinajstić information content (AvgIpc) is 2.82. The molecule has 0 aliphatic heterocycles. The van der Waals surface area contributed by atoms with Crippen molar-refractivity contribution in [3.8, 4) is 0 Å². The second-order valence-electron chi connectivity index (χ2n) is 4.33. The third-order valence-electron chi connectivity index (χ3n) is 2.89. The zero-order valence-corrected chi connectivity index (χ0v) is 9.39. The summed E-state index contributed by atoms with van der Waals surface area (Å²) in [5, 5.41) is 10.3. The van der Waals surface area contributed by atoms with Crippen molar-refractivity contribution >= 4 is 11.6 Å². The van der Waals surface area contributed by atoms with E-state index in [1.807, 2.05) is 6.07 Å². The molecule has 1 aliphatic carbocycles. The van der Waals surface area contributed by atoms with Crippen molar-refractivity contribution in [2.75, 3.05) is 0 Å². The molecule has 0 spiro atoms. The van der Waals surface area contributed by atoms with E-state index >= 15 is 0 Å². The minimum atomic E-state index is -1.09. The molecule has 1 saturated carbocycles. The van der Waals surface area contributed by atoms with Crippen molar-refractivity contribution in [1.29, 1.82) is 0 Å². The molecule has 1 fully saturated rings. The average molecular weight is 229 g/mol. The van der Waals surface area contributed by atoms with Crippen molar-refractivity contribution in [3.05, 3.63) is 34.3 Å². The summed E-state index contributed by atoms with van der Waals surface area (Å²) < 4.78 is 13.4. The van der Waals surface area contributed by atoms with Crippen LogP contribution in [0.2, 0.25) is 5.02 Å². The summed E-state index contributed by atoms with van der Waals surface area (Å²) in [5.74, 6) is 0. The fourth-order valence-corrected chi connectivity index (χ4v) is 2.20. The van der Waals surface area contributed by atoms with Gasteiger partial charge in [0.1, 0.15) is 6.17 Å². The van der Waals surface area contributed by atoms with Gasteiger partial charge >= 0.3 is 0 Å². The smallest absolute Gasteiger partial charge is 0.124 e. The second-order valence-corrected chi connectivity index (χ2v) is 4.74. The van der Waals surface area contributed by atoms with Gasteiger partial charge in [0.05, 0.1) is 5.60 Å². The van der Waals surface area contributed by atoms with Gasteiger partial charge in [-0.25, -0.2) is 4.39 Å². The molecule has 0 bridgehead atoms. The van der Waals surface area contributed by atoms with Crippen molar-refractivity contribution in [1.82, 2.24) is 0 Å². The highest BCUT2D eigenvalue weighted by Gasteiger charge is 2.40. The Hall–Kier alpha value is -0.600. The Labute approximate surface area is 93.9 Å². The van der Waals surface area contributed by atoms with Crippen LogP contribution in [0.15, 0.2) is 18.2 Å². The third-order valence-corrected chi connectivity index (χ3v) is 3.22. The number of hydrogen-bond donors (Lipinski definition) is 1. The van der Waals surface area contributed by atoms with Gasteiger partial charge in [0.2, 0.25) is 0 Å². The lowest BCUT2D eigenvalue weighted by atomic mass is 9.98. The Kier molecular flexibility index (Phi) is 2.73. The Morgan fingerprint density at radius 1 is 1.53 bits per heavy atom. The summed E-state index contributed by atoms with van der Waals surface area (Å²) in [7, 11) is 0. The molecule has 1 N–H and O–H groups in total. The van der Waals surface area contributed by atoms with Crippen molar-refractivity contribution in [3.63, 3.8) is 0 Å². The van der Waals surface area contributed by atoms with Gasteiger partial charge in [-0.2, -0.15) is 0 Å². The molecule has 0 aromatic heterocycles. The Morgan fingerprint density at radius 2 is 2.20 bits per heavy atom. The van der Waals surface area contributed by atoms with Crippen LogP contribution < -0.4 is 0 Å². The van der Waals surface area contributed by atoms with Crippen LogP contribution in [-0.4, -0.2) is 10.7 Å². The number of alkyl halides is 1. The molecule has 3 heteroatoms. The van der Waals surface area contributed by atoms with E-state index in [-0.39, 0.29) is 0 Å². The van der Waals surface area contributed by atoms with Gasteiger partial charge in [-0.3, -0.25) is 0 Å². The van der Waals surface area contributed by atoms with Crippen LogP contribution in [0.5, 0.6) is 0 Å². The maximum atomic E-state index is 13.4. The van der Waals surface area contributed by atoms with Crippen LogP contribution in [0, 0.1) is 0 Å². The molecule has 1 unspecified atom stereocenters. The van der Waals surface area contributed by atoms with Gasteiger partial charge in [0.25, 0.3) is 0 Å². The first-order valence-electron chi connectivity index (χ1n) is 5.16. The van der Waals surface area contributed by atoms with Crippen molar-refractivity contribution in [2.45, 2.75) is 38.0 Å². The third kappa shape index (κ3) is 2.32. The summed E-state index contributed by atoms with van der Waals surface area (Å²) in [4.78, 5) is 0. The fraction of sp³-hybridized carbons (Fsp3) is 0.500. The minimum Gasteiger partial charge on any atom is -0.390 e. The number of benzene rings is 1. The van der Waals surface area contributed by atoms with E-state index in [2.05, 4.69) is 0 Å². The zero-order chi connectivity index (χ0) is 11.1. The molecule has 82 valence electrons. The molecular weight excluding hydrogens is 215 g/mol. The maximum Gasteiger partial charge on any atom is 0.124 e. The van der Waals surface area contributed by atoms with E-state index in [1.54, 1.807) is 12.1 Å². The normalized spacial score (nSPS) is 20.0. The van der Waals surface area contributed by atoms with Gasteiger partial charge in [-0.15, -0.1) is 0 Å². The van der Waals surface area contributed by atoms with Crippen molar-refractivity contribution < 1.29 is 9.50 Å². The van der Waals surface area contributed by atoms with Gasteiger partial charge in [-0.1, -0.05) is 23.7 Å². The van der Waals surface area contributed by atoms with E-state index in [0.29, 0.717) is 17.0 Å². The molecule has 1 aromatic rings. The summed E-state index contributed by atoms with van der Waals surface area (Å²) >= 11 is 5.95. The highest BCUT2D eigenvalue weighted by Crippen LogP contribution is 2.40. The monoisotopic (exact) mass is 228 g/mol. The minimum absolute atomic E-state index is 0.451. The number of aliphatic hydroxyl groups is 1. The molecule has 1 aliphatic rings. The van der Waals surface area contributed by atoms with Crippen LogP contribution >= 0.6 is 11.6 Å². The largest absolute Gasteiger partial charge is 0.390 e. The van der Waals surface area contributed by atoms with Crippen LogP contribution in [-0.2, 0) is 6.42 Å². The molecule has 1 nitrogen and oxygen atoms in total. The molecule has 1 atom stereocenters. The predicted octanol–water partition coefficient (Wildman–Crippen LogP) is 3.44. The lowest BCUT2D eigenvalue weighted by Gasteiger charge is -2.15. The molecule has 15 heavy (non-hydrogen) atoms. The maximum absolute atomic E-state index is 13.4. The molecule has 1 aromatic carbocycles. The summed E-state index contributed by atoms with van der Waals surface area (Å²) in [5.41, 5.74) is 0.755. The van der Waals surface area contributed by atoms with E-state index < -0.39 is 11.8 Å². The Bertz CT molecular complexity index is 372. The number of rotatable bonds is 3. The van der Waals surface area contributed by atoms with Crippen LogP contribution in [0.1, 0.15) is 37.1 Å². The SMILES string of the molecule is CC(F)c1c(Cl)cccc1CC1(O)CC1. The van der Waals surface area contributed by atoms with Gasteiger partial charge in [-0.05, 0) is 31.4 Å². The summed E-state index contributed by atoms with van der Waals surface area (Å²) in [6.07, 6.45) is 1.03. The van der Waals surface area contributed by atoms with Gasteiger partial charge in [0.15, 0.2) is 0 Å². The quantitative estimate of drug-likeness (QED) is 0.840. The van der Waals surface area contributed by atoms with E-state index in [9.17, 15) is 9.50 Å². The van der Waals surface area contributed by atoms with Crippen molar-refractivity contribution in [2.24, 2.45) is 0 Å². The Balaban J connectivity index is 2.32. The van der Waals surface area contributed by atoms with Crippen LogP contribution in [0.4, 0.5) is 4.39 Å². The van der Waals surface area contributed by atoms with Crippen LogP contribution in [0.3, 0.4) is 0 Å². The number of hydrogen-bond acceptors (Lipinski definition) is 1. The van der Waals surface area contributed by atoms with E-state index in [1.165, 1.54) is 6.92 Å². The lowest BCUT2D eigenvalue weighted by Crippen LogP contribution is -2.12. The Morgan fingerprint density at radius 3 is 2.73 bits per heavy atom. The fourth-order valence-electron chi connectivity index (χ4n) is 1.86. The predicted molar refractivity (Wildman–Crippen MR) is 58.9 cm³/mol. The number of halogens is 2. The second kappa shape index (κ2) is 3.76. The van der Waals surface area contributed by atoms with Gasteiger partial charge < -0.3 is 5.11 Å². The molecule has 0 radical (unpaired) electrons. The standard InChI is InChI=1S/C12H14ClFO/c1-8(14)11-9(3-2-4-10(11)13)7-12(15)5-6-12/h2-4,8,15H,5-7H2,1H3. The highest BCUT2D eigenvalue weighted by atomic mass is 35.5. The highest BCUT2D eigenvalue weighted by molar-refractivity contribution is 6.31. The molecule has 0 heterocycles. The lowest BCUT2D eigenvalue weighted by molar-refractivity contribution is 0.150. The van der Waals surface area contributed by atoms with Gasteiger partial charge in [0, 0.05) is 17.0 Å². The first kappa shape index (κ1) is 10.9. The molecule has 0 amide bonds. The summed E-state index contributed by atoms with van der Waals surface area (Å²) in [6.45, 7) is 1.47. The summed E-state index contributed by atoms with van der Waals surface area (Å²) in [6, 6.07) is 5.33. The molecule has 2 rings (SSSR count). The first-order chi connectivity index (χ1) is 7.02. The first-order valence-corrected chi connectivity index (χ1v) is 5.53. The van der Waals surface area contributed by atoms with E-state index in [0.717, 1.165) is 18.4 Å². The van der Waals surface area contributed by atoms with E-state index in [4.69, 9.17) is 11.6 Å². The zero-order valence-electron chi connectivity index (χ0n) is 8.63.